The van der Waals surface area contributed by atoms with Crippen LogP contribution in [0.3, 0.4) is 0 Å². The van der Waals surface area contributed by atoms with Gasteiger partial charge in [0.25, 0.3) is 5.91 Å². The van der Waals surface area contributed by atoms with Crippen molar-refractivity contribution in [2.45, 2.75) is 39.7 Å². The van der Waals surface area contributed by atoms with Gasteiger partial charge in [-0.2, -0.15) is 0 Å². The topological polar surface area (TPSA) is 58.2 Å². The van der Waals surface area contributed by atoms with Gasteiger partial charge in [0.2, 0.25) is 5.91 Å². The molecule has 0 bridgehead atoms. The van der Waals surface area contributed by atoms with Gasteiger partial charge in [-0.1, -0.05) is 27.2 Å². The maximum atomic E-state index is 12.8. The minimum absolute atomic E-state index is 0.0315. The summed E-state index contributed by atoms with van der Waals surface area (Å²) in [6.45, 7) is 6.39. The predicted octanol–water partition coefficient (Wildman–Crippen LogP) is 2.50. The fourth-order valence-electron chi connectivity index (χ4n) is 1.86. The number of benzene rings is 1. The molecule has 2 N–H and O–H groups in total. The Labute approximate surface area is 125 Å². The lowest BCUT2D eigenvalue weighted by Gasteiger charge is -2.21. The third-order valence-electron chi connectivity index (χ3n) is 3.17. The average molecular weight is 294 g/mol. The highest BCUT2D eigenvalue weighted by Crippen LogP contribution is 2.06. The maximum absolute atomic E-state index is 12.8. The number of unbranched alkanes of at least 4 members (excludes halogenated alkanes) is 1. The Balaban J connectivity index is 2.67. The number of hydrogen-bond acceptors (Lipinski definition) is 2. The minimum Gasteiger partial charge on any atom is -0.354 e. The van der Waals surface area contributed by atoms with Crippen LogP contribution in [-0.4, -0.2) is 24.4 Å². The highest BCUT2D eigenvalue weighted by atomic mass is 19.1. The number of halogens is 1. The van der Waals surface area contributed by atoms with E-state index in [9.17, 15) is 14.0 Å². The Bertz CT molecular complexity index is 472. The summed E-state index contributed by atoms with van der Waals surface area (Å²) in [5.41, 5.74) is 0.336. The molecular weight excluding hydrogens is 271 g/mol. The molecule has 1 aromatic rings. The zero-order valence-electron chi connectivity index (χ0n) is 12.8. The Morgan fingerprint density at radius 3 is 2.33 bits per heavy atom. The fourth-order valence-corrected chi connectivity index (χ4v) is 1.86. The van der Waals surface area contributed by atoms with E-state index in [-0.39, 0.29) is 17.7 Å². The lowest BCUT2D eigenvalue weighted by molar-refractivity contribution is -0.123. The summed E-state index contributed by atoms with van der Waals surface area (Å²) in [4.78, 5) is 24.2. The van der Waals surface area contributed by atoms with Crippen LogP contribution in [0.25, 0.3) is 0 Å². The van der Waals surface area contributed by atoms with E-state index < -0.39 is 11.9 Å². The van der Waals surface area contributed by atoms with Gasteiger partial charge < -0.3 is 10.6 Å². The Morgan fingerprint density at radius 1 is 1.19 bits per heavy atom. The van der Waals surface area contributed by atoms with Crippen LogP contribution in [0.15, 0.2) is 24.3 Å². The third kappa shape index (κ3) is 5.53. The van der Waals surface area contributed by atoms with E-state index in [0.29, 0.717) is 12.1 Å². The number of hydrogen-bond donors (Lipinski definition) is 2. The zero-order valence-corrected chi connectivity index (χ0v) is 12.8. The van der Waals surface area contributed by atoms with Crippen LogP contribution in [-0.2, 0) is 4.79 Å². The lowest BCUT2D eigenvalue weighted by atomic mass is 10.0. The first kappa shape index (κ1) is 17.1. The number of nitrogens with one attached hydrogen (secondary N) is 2. The van der Waals surface area contributed by atoms with Crippen LogP contribution in [0, 0.1) is 11.7 Å². The molecule has 0 aliphatic heterocycles. The highest BCUT2D eigenvalue weighted by molar-refractivity contribution is 5.97. The molecule has 0 saturated heterocycles. The van der Waals surface area contributed by atoms with Crippen LogP contribution in [0.2, 0.25) is 0 Å². The van der Waals surface area contributed by atoms with Gasteiger partial charge in [0.15, 0.2) is 0 Å². The molecule has 1 rings (SSSR count). The summed E-state index contributed by atoms with van der Waals surface area (Å²) in [6, 6.07) is 4.65. The quantitative estimate of drug-likeness (QED) is 0.759. The van der Waals surface area contributed by atoms with Gasteiger partial charge in [-0.25, -0.2) is 4.39 Å². The highest BCUT2D eigenvalue weighted by Gasteiger charge is 2.24. The monoisotopic (exact) mass is 294 g/mol. The van der Waals surface area contributed by atoms with Crippen molar-refractivity contribution in [2.24, 2.45) is 5.92 Å². The van der Waals surface area contributed by atoms with Crippen molar-refractivity contribution in [1.29, 1.82) is 0 Å². The minimum atomic E-state index is -0.598. The molecule has 1 aromatic carbocycles. The van der Waals surface area contributed by atoms with E-state index in [0.717, 1.165) is 12.8 Å². The number of carbonyl (C=O) groups is 2. The normalized spacial score (nSPS) is 12.0. The molecule has 0 unspecified atom stereocenters. The number of amides is 2. The Hall–Kier alpha value is -1.91. The SMILES string of the molecule is CCCCNC(=O)[C@@H](NC(=O)c1ccc(F)cc1)C(C)C. The molecule has 116 valence electrons. The van der Waals surface area contributed by atoms with E-state index in [1.54, 1.807) is 0 Å². The van der Waals surface area contributed by atoms with Crippen molar-refractivity contribution < 1.29 is 14.0 Å². The molecule has 0 spiro atoms. The van der Waals surface area contributed by atoms with E-state index in [1.807, 2.05) is 20.8 Å². The summed E-state index contributed by atoms with van der Waals surface area (Å²) in [5, 5.41) is 5.52. The van der Waals surface area contributed by atoms with Crippen LogP contribution < -0.4 is 10.6 Å². The van der Waals surface area contributed by atoms with Gasteiger partial charge in [0, 0.05) is 12.1 Å². The van der Waals surface area contributed by atoms with Gasteiger partial charge in [0.05, 0.1) is 0 Å². The molecule has 0 heterocycles. The molecule has 0 aliphatic rings. The molecule has 0 radical (unpaired) electrons. The second kappa shape index (κ2) is 8.39. The maximum Gasteiger partial charge on any atom is 0.251 e. The van der Waals surface area contributed by atoms with Crippen molar-refractivity contribution in [2.75, 3.05) is 6.54 Å². The van der Waals surface area contributed by atoms with E-state index in [1.165, 1.54) is 24.3 Å². The second-order valence-electron chi connectivity index (χ2n) is 5.35. The molecule has 21 heavy (non-hydrogen) atoms. The van der Waals surface area contributed by atoms with Crippen LogP contribution in [0.1, 0.15) is 44.0 Å². The first-order valence-corrected chi connectivity index (χ1v) is 7.29. The van der Waals surface area contributed by atoms with Crippen LogP contribution >= 0.6 is 0 Å². The van der Waals surface area contributed by atoms with Gasteiger partial charge >= 0.3 is 0 Å². The van der Waals surface area contributed by atoms with Gasteiger partial charge in [0.1, 0.15) is 11.9 Å². The largest absolute Gasteiger partial charge is 0.354 e. The van der Waals surface area contributed by atoms with Crippen molar-refractivity contribution in [3.05, 3.63) is 35.6 Å². The standard InChI is InChI=1S/C16H23FN2O2/c1-4-5-10-18-16(21)14(11(2)3)19-15(20)12-6-8-13(17)9-7-12/h6-9,11,14H,4-5,10H2,1-3H3,(H,18,21)(H,19,20)/t14-/m0/s1. The molecule has 0 saturated carbocycles. The Kier molecular flexibility index (Phi) is 6.85. The number of carbonyl (C=O) groups excluding carboxylic acids is 2. The molecule has 0 aromatic heterocycles. The van der Waals surface area contributed by atoms with E-state index in [4.69, 9.17) is 0 Å². The average Bonchev–Trinajstić information content (AvgIpc) is 2.45. The van der Waals surface area contributed by atoms with Gasteiger partial charge in [-0.15, -0.1) is 0 Å². The second-order valence-corrected chi connectivity index (χ2v) is 5.35. The summed E-state index contributed by atoms with van der Waals surface area (Å²) >= 11 is 0. The fraction of sp³-hybridized carbons (Fsp3) is 0.500. The lowest BCUT2D eigenvalue weighted by Crippen LogP contribution is -2.49. The summed E-state index contributed by atoms with van der Waals surface area (Å²) in [6.07, 6.45) is 1.90. The van der Waals surface area contributed by atoms with Crippen molar-refractivity contribution in [1.82, 2.24) is 10.6 Å². The first-order chi connectivity index (χ1) is 9.95. The van der Waals surface area contributed by atoms with Crippen molar-refractivity contribution >= 4 is 11.8 Å². The first-order valence-electron chi connectivity index (χ1n) is 7.29. The summed E-state index contributed by atoms with van der Waals surface area (Å²) in [7, 11) is 0. The van der Waals surface area contributed by atoms with Crippen LogP contribution in [0.5, 0.6) is 0 Å². The summed E-state index contributed by atoms with van der Waals surface area (Å²) in [5.74, 6) is -0.992. The zero-order chi connectivity index (χ0) is 15.8. The molecule has 4 nitrogen and oxygen atoms in total. The van der Waals surface area contributed by atoms with E-state index in [2.05, 4.69) is 10.6 Å². The van der Waals surface area contributed by atoms with Crippen molar-refractivity contribution in [3.8, 4) is 0 Å². The Morgan fingerprint density at radius 2 is 1.81 bits per heavy atom. The molecular formula is C16H23FN2O2. The van der Waals surface area contributed by atoms with Crippen LogP contribution in [0.4, 0.5) is 4.39 Å². The van der Waals surface area contributed by atoms with Crippen molar-refractivity contribution in [3.63, 3.8) is 0 Å². The molecule has 2 amide bonds. The van der Waals surface area contributed by atoms with Gasteiger partial charge in [-0.05, 0) is 36.6 Å². The molecule has 0 aliphatic carbocycles. The smallest absolute Gasteiger partial charge is 0.251 e. The molecule has 1 atom stereocenters. The summed E-state index contributed by atoms with van der Waals surface area (Å²) < 4.78 is 12.8. The molecule has 5 heteroatoms. The number of rotatable bonds is 7. The predicted molar refractivity (Wildman–Crippen MR) is 80.4 cm³/mol. The molecule has 0 fully saturated rings. The van der Waals surface area contributed by atoms with E-state index >= 15 is 0 Å². The van der Waals surface area contributed by atoms with Gasteiger partial charge in [-0.3, -0.25) is 9.59 Å². The third-order valence-corrected chi connectivity index (χ3v) is 3.17.